The Kier molecular flexibility index (Phi) is 3.56. The van der Waals surface area contributed by atoms with E-state index < -0.39 is 11.9 Å². The molecule has 1 heterocycles. The van der Waals surface area contributed by atoms with E-state index >= 15 is 0 Å². The van der Waals surface area contributed by atoms with Crippen LogP contribution in [0, 0.1) is 5.41 Å². The van der Waals surface area contributed by atoms with E-state index in [2.05, 4.69) is 22.2 Å². The van der Waals surface area contributed by atoms with Gasteiger partial charge in [-0.3, -0.25) is 0 Å². The van der Waals surface area contributed by atoms with Crippen molar-refractivity contribution >= 4 is 11.8 Å². The largest absolute Gasteiger partial charge is 0.433 e. The average Bonchev–Trinajstić information content (AvgIpc) is 2.72. The lowest BCUT2D eigenvalue weighted by atomic mass is 9.89. The van der Waals surface area contributed by atoms with Crippen molar-refractivity contribution in [2.75, 3.05) is 17.6 Å². The number of anilines is 2. The van der Waals surface area contributed by atoms with Gasteiger partial charge in [-0.05, 0) is 18.3 Å². The zero-order chi connectivity index (χ0) is 14.1. The summed E-state index contributed by atoms with van der Waals surface area (Å²) in [6, 6.07) is 0.897. The zero-order valence-electron chi connectivity index (χ0n) is 10.7. The minimum atomic E-state index is -4.51. The Morgan fingerprint density at radius 1 is 1.32 bits per heavy atom. The van der Waals surface area contributed by atoms with Gasteiger partial charge in [0.1, 0.15) is 5.82 Å². The lowest BCUT2D eigenvalue weighted by Crippen LogP contribution is -2.24. The number of nitrogens with two attached hydrogens (primary N) is 1. The van der Waals surface area contributed by atoms with Crippen LogP contribution in [0.25, 0.3) is 0 Å². The molecule has 0 bridgehead atoms. The maximum absolute atomic E-state index is 12.6. The first-order valence-corrected chi connectivity index (χ1v) is 6.24. The van der Waals surface area contributed by atoms with Crippen molar-refractivity contribution in [3.05, 3.63) is 11.8 Å². The molecule has 19 heavy (non-hydrogen) atoms. The highest BCUT2D eigenvalue weighted by Gasteiger charge is 2.34. The number of halogens is 3. The highest BCUT2D eigenvalue weighted by atomic mass is 19.4. The van der Waals surface area contributed by atoms with E-state index in [4.69, 9.17) is 5.73 Å². The maximum atomic E-state index is 12.6. The molecule has 0 aliphatic heterocycles. The molecular formula is C12H17F3N4. The summed E-state index contributed by atoms with van der Waals surface area (Å²) >= 11 is 0. The second-order valence-corrected chi connectivity index (χ2v) is 5.37. The van der Waals surface area contributed by atoms with Crippen LogP contribution in [0.2, 0.25) is 0 Å². The highest BCUT2D eigenvalue weighted by molar-refractivity contribution is 5.41. The summed E-state index contributed by atoms with van der Waals surface area (Å²) in [5, 5.41) is 2.95. The third-order valence-electron chi connectivity index (χ3n) is 3.54. The van der Waals surface area contributed by atoms with E-state index in [1.54, 1.807) is 0 Å². The molecule has 1 aromatic rings. The first-order chi connectivity index (χ1) is 8.78. The lowest BCUT2D eigenvalue weighted by molar-refractivity contribution is -0.141. The van der Waals surface area contributed by atoms with Crippen LogP contribution in [0.5, 0.6) is 0 Å². The topological polar surface area (TPSA) is 63.8 Å². The van der Waals surface area contributed by atoms with Gasteiger partial charge in [0, 0.05) is 12.6 Å². The van der Waals surface area contributed by atoms with Crippen molar-refractivity contribution in [3.63, 3.8) is 0 Å². The van der Waals surface area contributed by atoms with Gasteiger partial charge in [-0.2, -0.15) is 18.2 Å². The molecule has 1 saturated carbocycles. The predicted molar refractivity (Wildman–Crippen MR) is 66.5 cm³/mol. The van der Waals surface area contributed by atoms with Crippen LogP contribution in [0.4, 0.5) is 24.9 Å². The van der Waals surface area contributed by atoms with Gasteiger partial charge in [0.15, 0.2) is 5.69 Å². The quantitative estimate of drug-likeness (QED) is 0.889. The van der Waals surface area contributed by atoms with Crippen molar-refractivity contribution < 1.29 is 13.2 Å². The number of hydrogen-bond acceptors (Lipinski definition) is 4. The van der Waals surface area contributed by atoms with Crippen molar-refractivity contribution in [3.8, 4) is 0 Å². The molecule has 106 valence electrons. The SMILES string of the molecule is CC1(CNc2cc(C(F)(F)F)nc(N)n2)CCCC1. The molecule has 2 rings (SSSR count). The van der Waals surface area contributed by atoms with Crippen LogP contribution in [0.3, 0.4) is 0 Å². The second-order valence-electron chi connectivity index (χ2n) is 5.37. The lowest BCUT2D eigenvalue weighted by Gasteiger charge is -2.24. The molecule has 4 nitrogen and oxygen atoms in total. The number of hydrogen-bond donors (Lipinski definition) is 2. The Labute approximate surface area is 109 Å². The summed E-state index contributed by atoms with van der Waals surface area (Å²) < 4.78 is 37.8. The number of alkyl halides is 3. The highest BCUT2D eigenvalue weighted by Crippen LogP contribution is 2.37. The van der Waals surface area contributed by atoms with Crippen LogP contribution in [0.1, 0.15) is 38.3 Å². The predicted octanol–water partition coefficient (Wildman–Crippen LogP) is 3.07. The molecule has 1 fully saturated rings. The molecule has 7 heteroatoms. The standard InChI is InChI=1S/C12H17F3N4/c1-11(4-2-3-5-11)7-17-9-6-8(12(13,14)15)18-10(16)19-9/h6H,2-5,7H2,1H3,(H3,16,17,18,19). The Hall–Kier alpha value is -1.53. The van der Waals surface area contributed by atoms with E-state index in [1.807, 2.05) is 0 Å². The zero-order valence-corrected chi connectivity index (χ0v) is 10.7. The molecule has 1 aliphatic rings. The van der Waals surface area contributed by atoms with Crippen LogP contribution in [-0.4, -0.2) is 16.5 Å². The van der Waals surface area contributed by atoms with Crippen LogP contribution in [-0.2, 0) is 6.18 Å². The third kappa shape index (κ3) is 3.48. The Morgan fingerprint density at radius 2 is 1.95 bits per heavy atom. The van der Waals surface area contributed by atoms with Gasteiger partial charge < -0.3 is 11.1 Å². The molecule has 1 aliphatic carbocycles. The minimum Gasteiger partial charge on any atom is -0.369 e. The summed E-state index contributed by atoms with van der Waals surface area (Å²) in [7, 11) is 0. The summed E-state index contributed by atoms with van der Waals surface area (Å²) in [4.78, 5) is 7.00. The number of nitrogens with one attached hydrogen (secondary N) is 1. The molecular weight excluding hydrogens is 257 g/mol. The van der Waals surface area contributed by atoms with Crippen molar-refractivity contribution in [1.29, 1.82) is 0 Å². The van der Waals surface area contributed by atoms with Crippen LogP contribution < -0.4 is 11.1 Å². The van der Waals surface area contributed by atoms with Crippen molar-refractivity contribution in [2.24, 2.45) is 5.41 Å². The number of nitrogens with zero attached hydrogens (tertiary/aromatic N) is 2. The first kappa shape index (κ1) is 13.9. The van der Waals surface area contributed by atoms with E-state index in [1.165, 1.54) is 0 Å². The van der Waals surface area contributed by atoms with Gasteiger partial charge in [0.05, 0.1) is 0 Å². The minimum absolute atomic E-state index is 0.123. The molecule has 0 unspecified atom stereocenters. The summed E-state index contributed by atoms with van der Waals surface area (Å²) in [5.74, 6) is -0.234. The van der Waals surface area contributed by atoms with E-state index in [9.17, 15) is 13.2 Å². The average molecular weight is 274 g/mol. The fourth-order valence-corrected chi connectivity index (χ4v) is 2.41. The number of aromatic nitrogens is 2. The van der Waals surface area contributed by atoms with E-state index in [-0.39, 0.29) is 17.2 Å². The van der Waals surface area contributed by atoms with Gasteiger partial charge in [0.25, 0.3) is 0 Å². The van der Waals surface area contributed by atoms with E-state index in [0.717, 1.165) is 31.7 Å². The fraction of sp³-hybridized carbons (Fsp3) is 0.667. The smallest absolute Gasteiger partial charge is 0.369 e. The molecule has 1 aromatic heterocycles. The normalized spacial score (nSPS) is 18.5. The Morgan fingerprint density at radius 3 is 2.53 bits per heavy atom. The van der Waals surface area contributed by atoms with Gasteiger partial charge in [-0.1, -0.05) is 19.8 Å². The number of nitrogen functional groups attached to an aromatic ring is 1. The molecule has 0 aromatic carbocycles. The molecule has 0 atom stereocenters. The summed E-state index contributed by atoms with van der Waals surface area (Å²) in [5.41, 5.74) is 4.42. The van der Waals surface area contributed by atoms with Gasteiger partial charge >= 0.3 is 6.18 Å². The number of rotatable bonds is 3. The van der Waals surface area contributed by atoms with Gasteiger partial charge in [-0.15, -0.1) is 0 Å². The summed E-state index contributed by atoms with van der Waals surface area (Å²) in [6.07, 6.45) is -0.0279. The molecule has 0 radical (unpaired) electrons. The molecule has 3 N–H and O–H groups in total. The van der Waals surface area contributed by atoms with Crippen molar-refractivity contribution in [1.82, 2.24) is 9.97 Å². The first-order valence-electron chi connectivity index (χ1n) is 6.24. The van der Waals surface area contributed by atoms with Crippen LogP contribution in [0.15, 0.2) is 6.07 Å². The second kappa shape index (κ2) is 4.86. The fourth-order valence-electron chi connectivity index (χ4n) is 2.41. The van der Waals surface area contributed by atoms with E-state index in [0.29, 0.717) is 6.54 Å². The summed E-state index contributed by atoms with van der Waals surface area (Å²) in [6.45, 7) is 2.73. The van der Waals surface area contributed by atoms with Gasteiger partial charge in [0.2, 0.25) is 5.95 Å². The Bertz CT molecular complexity index is 453. The molecule has 0 spiro atoms. The van der Waals surface area contributed by atoms with Gasteiger partial charge in [-0.25, -0.2) is 4.98 Å². The Balaban J connectivity index is 2.10. The maximum Gasteiger partial charge on any atom is 0.433 e. The monoisotopic (exact) mass is 274 g/mol. The van der Waals surface area contributed by atoms with Crippen LogP contribution >= 0.6 is 0 Å². The van der Waals surface area contributed by atoms with Crippen molar-refractivity contribution in [2.45, 2.75) is 38.8 Å². The molecule has 0 amide bonds. The third-order valence-corrected chi connectivity index (χ3v) is 3.54. The molecule has 0 saturated heterocycles.